The lowest BCUT2D eigenvalue weighted by atomic mass is 9.98. The smallest absolute Gasteiger partial charge is 0.119 e. The van der Waals surface area contributed by atoms with E-state index in [0.29, 0.717) is 6.04 Å². The lowest BCUT2D eigenvalue weighted by molar-refractivity contribution is 0.309. The molecule has 1 aromatic rings. The summed E-state index contributed by atoms with van der Waals surface area (Å²) in [4.78, 5) is 0. The molecule has 1 rings (SSSR count). The van der Waals surface area contributed by atoms with Crippen LogP contribution < -0.4 is 10.1 Å². The molecule has 0 aliphatic carbocycles. The summed E-state index contributed by atoms with van der Waals surface area (Å²) in [5.41, 5.74) is 1.35. The molecule has 0 spiro atoms. The van der Waals surface area contributed by atoms with Crippen LogP contribution in [0.2, 0.25) is 0 Å². The van der Waals surface area contributed by atoms with Gasteiger partial charge in [-0.05, 0) is 49.9 Å². The lowest BCUT2D eigenvalue weighted by Crippen LogP contribution is -2.16. The Morgan fingerprint density at radius 2 is 1.79 bits per heavy atom. The molecular formula is C17H29NO. The third-order valence-electron chi connectivity index (χ3n) is 3.43. The summed E-state index contributed by atoms with van der Waals surface area (Å²) in [5, 5.41) is 3.40. The Bertz CT molecular complexity index is 332. The molecule has 108 valence electrons. The van der Waals surface area contributed by atoms with Gasteiger partial charge in [-0.3, -0.25) is 0 Å². The zero-order valence-corrected chi connectivity index (χ0v) is 12.9. The van der Waals surface area contributed by atoms with Crippen molar-refractivity contribution in [1.29, 1.82) is 0 Å². The lowest BCUT2D eigenvalue weighted by Gasteiger charge is -2.18. The van der Waals surface area contributed by atoms with Crippen molar-refractivity contribution in [3.8, 4) is 5.75 Å². The fourth-order valence-corrected chi connectivity index (χ4v) is 2.11. The van der Waals surface area contributed by atoms with Crippen molar-refractivity contribution in [3.63, 3.8) is 0 Å². The SMILES string of the molecule is CCCCOc1ccc(C(CCC(C)C)NC)cc1. The van der Waals surface area contributed by atoms with Gasteiger partial charge in [-0.25, -0.2) is 0 Å². The zero-order chi connectivity index (χ0) is 14.1. The van der Waals surface area contributed by atoms with Crippen LogP contribution in [0.5, 0.6) is 5.75 Å². The van der Waals surface area contributed by atoms with Crippen molar-refractivity contribution < 1.29 is 4.74 Å². The van der Waals surface area contributed by atoms with Gasteiger partial charge in [0.05, 0.1) is 6.61 Å². The van der Waals surface area contributed by atoms with Gasteiger partial charge in [0.15, 0.2) is 0 Å². The first-order valence-corrected chi connectivity index (χ1v) is 7.57. The fourth-order valence-electron chi connectivity index (χ4n) is 2.11. The van der Waals surface area contributed by atoms with Crippen LogP contribution in [0.25, 0.3) is 0 Å². The number of hydrogen-bond acceptors (Lipinski definition) is 2. The first-order valence-electron chi connectivity index (χ1n) is 7.57. The van der Waals surface area contributed by atoms with E-state index >= 15 is 0 Å². The highest BCUT2D eigenvalue weighted by atomic mass is 16.5. The van der Waals surface area contributed by atoms with Crippen molar-refractivity contribution >= 4 is 0 Å². The van der Waals surface area contributed by atoms with Crippen molar-refractivity contribution in [3.05, 3.63) is 29.8 Å². The molecule has 2 nitrogen and oxygen atoms in total. The minimum atomic E-state index is 0.451. The summed E-state index contributed by atoms with van der Waals surface area (Å²) in [6.45, 7) is 7.55. The Balaban J connectivity index is 2.52. The van der Waals surface area contributed by atoms with E-state index in [4.69, 9.17) is 4.74 Å². The van der Waals surface area contributed by atoms with Gasteiger partial charge in [0.1, 0.15) is 5.75 Å². The molecule has 0 radical (unpaired) electrons. The van der Waals surface area contributed by atoms with Crippen molar-refractivity contribution in [2.75, 3.05) is 13.7 Å². The van der Waals surface area contributed by atoms with Gasteiger partial charge in [0.25, 0.3) is 0 Å². The molecule has 0 aliphatic heterocycles. The van der Waals surface area contributed by atoms with E-state index < -0.39 is 0 Å². The molecule has 1 unspecified atom stereocenters. The first kappa shape index (κ1) is 16.0. The maximum absolute atomic E-state index is 5.69. The standard InChI is InChI=1S/C17H29NO/c1-5-6-13-19-16-10-8-15(9-11-16)17(18-4)12-7-14(2)3/h8-11,14,17-18H,5-7,12-13H2,1-4H3. The Morgan fingerprint density at radius 3 is 2.32 bits per heavy atom. The van der Waals surface area contributed by atoms with Crippen molar-refractivity contribution in [1.82, 2.24) is 5.32 Å². The second-order valence-corrected chi connectivity index (χ2v) is 5.58. The van der Waals surface area contributed by atoms with E-state index in [9.17, 15) is 0 Å². The number of benzene rings is 1. The number of unbranched alkanes of at least 4 members (excludes halogenated alkanes) is 1. The maximum atomic E-state index is 5.69. The average molecular weight is 263 g/mol. The highest BCUT2D eigenvalue weighted by Crippen LogP contribution is 2.23. The highest BCUT2D eigenvalue weighted by molar-refractivity contribution is 5.29. The van der Waals surface area contributed by atoms with Crippen molar-refractivity contribution in [2.24, 2.45) is 5.92 Å². The number of nitrogens with one attached hydrogen (secondary N) is 1. The quantitative estimate of drug-likeness (QED) is 0.659. The van der Waals surface area contributed by atoms with Crippen molar-refractivity contribution in [2.45, 2.75) is 52.5 Å². The normalized spacial score (nSPS) is 12.7. The van der Waals surface area contributed by atoms with Crippen LogP contribution >= 0.6 is 0 Å². The zero-order valence-electron chi connectivity index (χ0n) is 12.9. The number of ether oxygens (including phenoxy) is 1. The highest BCUT2D eigenvalue weighted by Gasteiger charge is 2.09. The van der Waals surface area contributed by atoms with E-state index in [-0.39, 0.29) is 0 Å². The molecule has 2 heteroatoms. The molecule has 0 aromatic heterocycles. The molecule has 0 saturated carbocycles. The van der Waals surface area contributed by atoms with E-state index in [1.165, 1.54) is 24.8 Å². The molecular weight excluding hydrogens is 234 g/mol. The summed E-state index contributed by atoms with van der Waals surface area (Å²) in [6, 6.07) is 8.99. The molecule has 0 fully saturated rings. The summed E-state index contributed by atoms with van der Waals surface area (Å²) >= 11 is 0. The Hall–Kier alpha value is -1.02. The Labute approximate surface area is 118 Å². The minimum Gasteiger partial charge on any atom is -0.494 e. The van der Waals surface area contributed by atoms with Gasteiger partial charge >= 0.3 is 0 Å². The average Bonchev–Trinajstić information content (AvgIpc) is 2.41. The van der Waals surface area contributed by atoms with Crippen LogP contribution in [-0.4, -0.2) is 13.7 Å². The molecule has 0 heterocycles. The van der Waals surface area contributed by atoms with Gasteiger partial charge in [-0.2, -0.15) is 0 Å². The summed E-state index contributed by atoms with van der Waals surface area (Å²) < 4.78 is 5.69. The van der Waals surface area contributed by atoms with Gasteiger partial charge in [-0.1, -0.05) is 39.3 Å². The monoisotopic (exact) mass is 263 g/mol. The second-order valence-electron chi connectivity index (χ2n) is 5.58. The predicted octanol–water partition coefficient (Wildman–Crippen LogP) is 4.56. The molecule has 0 amide bonds. The van der Waals surface area contributed by atoms with Crippen LogP contribution in [-0.2, 0) is 0 Å². The maximum Gasteiger partial charge on any atom is 0.119 e. The summed E-state index contributed by atoms with van der Waals surface area (Å²) in [6.07, 6.45) is 4.73. The van der Waals surface area contributed by atoms with Gasteiger partial charge < -0.3 is 10.1 Å². The molecule has 0 aliphatic rings. The summed E-state index contributed by atoms with van der Waals surface area (Å²) in [7, 11) is 2.04. The fraction of sp³-hybridized carbons (Fsp3) is 0.647. The molecule has 1 aromatic carbocycles. The second kappa shape index (κ2) is 8.98. The van der Waals surface area contributed by atoms with E-state index in [2.05, 4.69) is 50.4 Å². The molecule has 1 atom stereocenters. The van der Waals surface area contributed by atoms with E-state index in [0.717, 1.165) is 24.7 Å². The Morgan fingerprint density at radius 1 is 1.11 bits per heavy atom. The van der Waals surface area contributed by atoms with Crippen LogP contribution in [0.3, 0.4) is 0 Å². The van der Waals surface area contributed by atoms with E-state index in [1.54, 1.807) is 0 Å². The van der Waals surface area contributed by atoms with Crippen LogP contribution in [0.15, 0.2) is 24.3 Å². The Kier molecular flexibility index (Phi) is 7.57. The largest absolute Gasteiger partial charge is 0.494 e. The van der Waals surface area contributed by atoms with Gasteiger partial charge in [-0.15, -0.1) is 0 Å². The third-order valence-corrected chi connectivity index (χ3v) is 3.43. The van der Waals surface area contributed by atoms with Crippen LogP contribution in [0.4, 0.5) is 0 Å². The van der Waals surface area contributed by atoms with Gasteiger partial charge in [0, 0.05) is 6.04 Å². The van der Waals surface area contributed by atoms with Gasteiger partial charge in [0.2, 0.25) is 0 Å². The number of rotatable bonds is 9. The molecule has 1 N–H and O–H groups in total. The van der Waals surface area contributed by atoms with E-state index in [1.807, 2.05) is 7.05 Å². The predicted molar refractivity (Wildman–Crippen MR) is 82.7 cm³/mol. The molecule has 19 heavy (non-hydrogen) atoms. The third kappa shape index (κ3) is 6.11. The number of hydrogen-bond donors (Lipinski definition) is 1. The first-order chi connectivity index (χ1) is 9.17. The topological polar surface area (TPSA) is 21.3 Å². The van der Waals surface area contributed by atoms with Crippen LogP contribution in [0, 0.1) is 5.92 Å². The van der Waals surface area contributed by atoms with Crippen LogP contribution in [0.1, 0.15) is 58.1 Å². The summed E-state index contributed by atoms with van der Waals surface area (Å²) in [5.74, 6) is 1.74. The molecule has 0 bridgehead atoms. The minimum absolute atomic E-state index is 0.451. The molecule has 0 saturated heterocycles.